The van der Waals surface area contributed by atoms with Gasteiger partial charge in [-0.05, 0) is 42.8 Å². The van der Waals surface area contributed by atoms with E-state index in [0.717, 1.165) is 0 Å². The van der Waals surface area contributed by atoms with Gasteiger partial charge in [0.15, 0.2) is 0 Å². The zero-order valence-corrected chi connectivity index (χ0v) is 18.4. The number of methoxy groups -OCH3 is 1. The molecule has 2 aromatic carbocycles. The van der Waals surface area contributed by atoms with E-state index in [2.05, 4.69) is 0 Å². The second kappa shape index (κ2) is 9.60. The number of hydrogen-bond acceptors (Lipinski definition) is 6. The van der Waals surface area contributed by atoms with Gasteiger partial charge in [0.2, 0.25) is 0 Å². The Morgan fingerprint density at radius 2 is 1.87 bits per heavy atom. The molecule has 1 fully saturated rings. The molecule has 1 aliphatic heterocycles. The van der Waals surface area contributed by atoms with E-state index in [-0.39, 0.29) is 40.8 Å². The largest absolute Gasteiger partial charge is 0.507 e. The number of phenolic OH excluding ortho intramolecular Hbond substituents is 1. The molecule has 9 heteroatoms. The molecule has 7 nitrogen and oxygen atoms in total. The standard InChI is InChI=1S/C22H21Cl2NO6/c1-3-31-17-11-13(4-6-14(17)23)20(27)18-19(12-5-7-16(26)15(24)10-12)25(8-9-30-2)22(29)21(18)28/h4-7,10-11,19,26-27H,3,8-9H2,1-2H3/b20-18-. The predicted molar refractivity (Wildman–Crippen MR) is 117 cm³/mol. The normalized spacial score (nSPS) is 17.9. The molecule has 2 N–H and O–H groups in total. The van der Waals surface area contributed by atoms with Gasteiger partial charge in [-0.2, -0.15) is 0 Å². The molecular formula is C22H21Cl2NO6. The fourth-order valence-corrected chi connectivity index (χ4v) is 3.77. The van der Waals surface area contributed by atoms with Gasteiger partial charge in [-0.25, -0.2) is 0 Å². The number of amides is 1. The molecule has 2 aromatic rings. The van der Waals surface area contributed by atoms with E-state index in [9.17, 15) is 19.8 Å². The highest BCUT2D eigenvalue weighted by atomic mass is 35.5. The summed E-state index contributed by atoms with van der Waals surface area (Å²) in [4.78, 5) is 27.0. The highest BCUT2D eigenvalue weighted by Gasteiger charge is 2.46. The third-order valence-corrected chi connectivity index (χ3v) is 5.48. The number of Topliss-reactive ketones (excluding diaryl/α,β-unsaturated/α-hetero) is 1. The van der Waals surface area contributed by atoms with Crippen LogP contribution in [0.4, 0.5) is 0 Å². The van der Waals surface area contributed by atoms with Crippen LogP contribution < -0.4 is 4.74 Å². The van der Waals surface area contributed by atoms with Crippen LogP contribution in [0.5, 0.6) is 11.5 Å². The maximum atomic E-state index is 12.9. The zero-order chi connectivity index (χ0) is 22.7. The van der Waals surface area contributed by atoms with Crippen LogP contribution in [0.1, 0.15) is 24.1 Å². The molecular weight excluding hydrogens is 445 g/mol. The van der Waals surface area contributed by atoms with E-state index in [1.807, 2.05) is 0 Å². The summed E-state index contributed by atoms with van der Waals surface area (Å²) >= 11 is 12.2. The second-order valence-electron chi connectivity index (χ2n) is 6.77. The Labute approximate surface area is 189 Å². The van der Waals surface area contributed by atoms with Crippen molar-refractivity contribution in [2.45, 2.75) is 13.0 Å². The van der Waals surface area contributed by atoms with Crippen molar-refractivity contribution < 1.29 is 29.3 Å². The van der Waals surface area contributed by atoms with Crippen LogP contribution in [-0.4, -0.2) is 53.7 Å². The van der Waals surface area contributed by atoms with Gasteiger partial charge < -0.3 is 24.6 Å². The zero-order valence-electron chi connectivity index (χ0n) is 16.9. The summed E-state index contributed by atoms with van der Waals surface area (Å²) in [7, 11) is 1.48. The molecule has 1 unspecified atom stereocenters. The van der Waals surface area contributed by atoms with Crippen LogP contribution in [0.15, 0.2) is 42.0 Å². The van der Waals surface area contributed by atoms with Gasteiger partial charge in [0.1, 0.15) is 17.3 Å². The van der Waals surface area contributed by atoms with E-state index in [1.165, 1.54) is 42.3 Å². The van der Waals surface area contributed by atoms with E-state index in [0.29, 0.717) is 22.9 Å². The number of ether oxygens (including phenoxy) is 2. The summed E-state index contributed by atoms with van der Waals surface area (Å²) in [6.07, 6.45) is 0. The van der Waals surface area contributed by atoms with Crippen molar-refractivity contribution in [1.29, 1.82) is 0 Å². The van der Waals surface area contributed by atoms with Crippen molar-refractivity contribution >= 4 is 40.7 Å². The first-order chi connectivity index (χ1) is 14.8. The van der Waals surface area contributed by atoms with Crippen molar-refractivity contribution in [3.63, 3.8) is 0 Å². The molecule has 164 valence electrons. The lowest BCUT2D eigenvalue weighted by atomic mass is 9.95. The SMILES string of the molecule is CCOc1cc(/C(O)=C2/C(=O)C(=O)N(CCOC)C2c2ccc(O)c(Cl)c2)ccc1Cl. The first-order valence-corrected chi connectivity index (χ1v) is 10.2. The van der Waals surface area contributed by atoms with E-state index >= 15 is 0 Å². The van der Waals surface area contributed by atoms with E-state index < -0.39 is 17.7 Å². The number of aliphatic hydroxyl groups excluding tert-OH is 1. The summed E-state index contributed by atoms with van der Waals surface area (Å²) < 4.78 is 10.5. The van der Waals surface area contributed by atoms with Gasteiger partial charge in [-0.15, -0.1) is 0 Å². The molecule has 1 heterocycles. The van der Waals surface area contributed by atoms with Crippen molar-refractivity contribution in [2.75, 3.05) is 26.9 Å². The molecule has 1 amide bonds. The Morgan fingerprint density at radius 1 is 1.13 bits per heavy atom. The van der Waals surface area contributed by atoms with E-state index in [4.69, 9.17) is 32.7 Å². The van der Waals surface area contributed by atoms with Crippen LogP contribution in [0.25, 0.3) is 5.76 Å². The Morgan fingerprint density at radius 3 is 2.52 bits per heavy atom. The van der Waals surface area contributed by atoms with Crippen LogP contribution in [0.3, 0.4) is 0 Å². The van der Waals surface area contributed by atoms with Gasteiger partial charge in [0.25, 0.3) is 11.7 Å². The minimum atomic E-state index is -0.917. The van der Waals surface area contributed by atoms with E-state index in [1.54, 1.807) is 13.0 Å². The molecule has 0 aliphatic carbocycles. The second-order valence-corrected chi connectivity index (χ2v) is 7.59. The number of ketones is 1. The number of aromatic hydroxyl groups is 1. The number of aliphatic hydroxyl groups is 1. The van der Waals surface area contributed by atoms with Crippen LogP contribution in [0.2, 0.25) is 10.0 Å². The third kappa shape index (κ3) is 4.49. The summed E-state index contributed by atoms with van der Waals surface area (Å²) in [5, 5.41) is 21.2. The molecule has 0 aromatic heterocycles. The fourth-order valence-electron chi connectivity index (χ4n) is 3.41. The van der Waals surface area contributed by atoms with Gasteiger partial charge in [0, 0.05) is 19.2 Å². The van der Waals surface area contributed by atoms with Crippen molar-refractivity contribution in [3.8, 4) is 11.5 Å². The molecule has 0 saturated carbocycles. The minimum Gasteiger partial charge on any atom is -0.507 e. The average molecular weight is 466 g/mol. The van der Waals surface area contributed by atoms with Crippen molar-refractivity contribution in [3.05, 3.63) is 63.1 Å². The summed E-state index contributed by atoms with van der Waals surface area (Å²) in [5.74, 6) is -1.78. The number of carbonyl (C=O) groups excluding carboxylic acids is 2. The molecule has 31 heavy (non-hydrogen) atoms. The maximum absolute atomic E-state index is 12.9. The first kappa shape index (κ1) is 22.9. The van der Waals surface area contributed by atoms with Crippen LogP contribution >= 0.6 is 23.2 Å². The fraction of sp³-hybridized carbons (Fsp3) is 0.273. The number of halogens is 2. The Balaban J connectivity index is 2.18. The molecule has 0 radical (unpaired) electrons. The number of carbonyl (C=O) groups is 2. The van der Waals surface area contributed by atoms with Gasteiger partial charge >= 0.3 is 0 Å². The number of rotatable bonds is 7. The molecule has 1 atom stereocenters. The highest BCUT2D eigenvalue weighted by molar-refractivity contribution is 6.46. The topological polar surface area (TPSA) is 96.3 Å². The average Bonchev–Trinajstić information content (AvgIpc) is 3.00. The first-order valence-electron chi connectivity index (χ1n) is 9.48. The van der Waals surface area contributed by atoms with Gasteiger partial charge in [-0.3, -0.25) is 9.59 Å². The Bertz CT molecular complexity index is 1050. The number of likely N-dealkylation sites (tertiary alicyclic amines) is 1. The molecule has 0 bridgehead atoms. The predicted octanol–water partition coefficient (Wildman–Crippen LogP) is 4.17. The van der Waals surface area contributed by atoms with Crippen LogP contribution in [0, 0.1) is 0 Å². The quantitative estimate of drug-likeness (QED) is 0.361. The van der Waals surface area contributed by atoms with Crippen molar-refractivity contribution in [1.82, 2.24) is 4.90 Å². The van der Waals surface area contributed by atoms with Crippen LogP contribution in [-0.2, 0) is 14.3 Å². The minimum absolute atomic E-state index is 0.0555. The monoisotopic (exact) mass is 465 g/mol. The maximum Gasteiger partial charge on any atom is 0.295 e. The third-order valence-electron chi connectivity index (χ3n) is 4.87. The lowest BCUT2D eigenvalue weighted by Crippen LogP contribution is -2.32. The Hall–Kier alpha value is -2.74. The number of nitrogens with zero attached hydrogens (tertiary/aromatic N) is 1. The molecule has 3 rings (SSSR count). The summed E-state index contributed by atoms with van der Waals surface area (Å²) in [5.41, 5.74) is 0.624. The van der Waals surface area contributed by atoms with Gasteiger partial charge in [0.05, 0.1) is 34.9 Å². The number of phenols is 1. The molecule has 1 saturated heterocycles. The Kier molecular flexibility index (Phi) is 7.10. The number of hydrogen-bond donors (Lipinski definition) is 2. The summed E-state index contributed by atoms with van der Waals surface area (Å²) in [6.45, 7) is 2.45. The van der Waals surface area contributed by atoms with Crippen molar-refractivity contribution in [2.24, 2.45) is 0 Å². The molecule has 1 aliphatic rings. The number of benzene rings is 2. The lowest BCUT2D eigenvalue weighted by molar-refractivity contribution is -0.140. The summed E-state index contributed by atoms with van der Waals surface area (Å²) in [6, 6.07) is 8.01. The highest BCUT2D eigenvalue weighted by Crippen LogP contribution is 2.41. The molecule has 0 spiro atoms. The lowest BCUT2D eigenvalue weighted by Gasteiger charge is -2.25. The smallest absolute Gasteiger partial charge is 0.295 e. The van der Waals surface area contributed by atoms with Gasteiger partial charge in [-0.1, -0.05) is 29.3 Å².